The van der Waals surface area contributed by atoms with Gasteiger partial charge in [-0.25, -0.2) is 4.79 Å². The lowest BCUT2D eigenvalue weighted by atomic mass is 9.91. The van der Waals surface area contributed by atoms with E-state index in [1.807, 2.05) is 0 Å². The van der Waals surface area contributed by atoms with Crippen LogP contribution in [-0.2, 0) is 14.3 Å². The number of carbonyl (C=O) groups is 3. The number of rotatable bonds is 5. The molecule has 18 heavy (non-hydrogen) atoms. The second kappa shape index (κ2) is 4.56. The fourth-order valence-corrected chi connectivity index (χ4v) is 2.15. The van der Waals surface area contributed by atoms with Crippen molar-refractivity contribution in [3.63, 3.8) is 0 Å². The molecule has 0 aromatic carbocycles. The number of Topliss-reactive ketones (excluding diaryl/α,β-unsaturated/α-hetero) is 1. The van der Waals surface area contributed by atoms with Gasteiger partial charge in [0.15, 0.2) is 5.78 Å². The molecule has 2 saturated heterocycles. The van der Waals surface area contributed by atoms with Gasteiger partial charge in [0.25, 0.3) is 0 Å². The number of ketones is 1. The molecule has 0 aliphatic carbocycles. The van der Waals surface area contributed by atoms with Gasteiger partial charge in [-0.2, -0.15) is 0 Å². The van der Waals surface area contributed by atoms with E-state index in [1.54, 1.807) is 6.92 Å². The van der Waals surface area contributed by atoms with Gasteiger partial charge in [0, 0.05) is 12.5 Å². The van der Waals surface area contributed by atoms with Crippen LogP contribution in [0.25, 0.3) is 0 Å². The van der Waals surface area contributed by atoms with Gasteiger partial charge in [-0.3, -0.25) is 9.59 Å². The Kier molecular flexibility index (Phi) is 3.25. The molecule has 3 N–H and O–H groups in total. The van der Waals surface area contributed by atoms with E-state index >= 15 is 0 Å². The maximum atomic E-state index is 12.1. The summed E-state index contributed by atoms with van der Waals surface area (Å²) >= 11 is 0. The monoisotopic (exact) mass is 256 g/mol. The third kappa shape index (κ3) is 2.61. The molecule has 100 valence electrons. The SMILES string of the molecule is C[C@]1(C(=O)[C@H](CC2CCNC2=O)NC(=O)O)CO1. The average molecular weight is 256 g/mol. The van der Waals surface area contributed by atoms with Crippen molar-refractivity contribution in [3.05, 3.63) is 0 Å². The van der Waals surface area contributed by atoms with Crippen LogP contribution in [0.1, 0.15) is 19.8 Å². The Bertz CT molecular complexity index is 391. The van der Waals surface area contributed by atoms with Crippen LogP contribution in [0.2, 0.25) is 0 Å². The van der Waals surface area contributed by atoms with Crippen molar-refractivity contribution in [2.24, 2.45) is 5.92 Å². The Morgan fingerprint density at radius 3 is 2.78 bits per heavy atom. The molecule has 2 amide bonds. The van der Waals surface area contributed by atoms with Gasteiger partial charge in [0.1, 0.15) is 5.60 Å². The molecule has 2 heterocycles. The van der Waals surface area contributed by atoms with Crippen LogP contribution in [0.5, 0.6) is 0 Å². The molecule has 0 bridgehead atoms. The minimum atomic E-state index is -1.27. The summed E-state index contributed by atoms with van der Waals surface area (Å²) < 4.78 is 5.03. The lowest BCUT2D eigenvalue weighted by Gasteiger charge is -2.19. The maximum Gasteiger partial charge on any atom is 0.405 e. The fourth-order valence-electron chi connectivity index (χ4n) is 2.15. The summed E-state index contributed by atoms with van der Waals surface area (Å²) in [6.07, 6.45) is -0.451. The van der Waals surface area contributed by atoms with Crippen molar-refractivity contribution in [1.82, 2.24) is 10.6 Å². The highest BCUT2D eigenvalue weighted by atomic mass is 16.6. The number of carboxylic acid groups (broad SMARTS) is 1. The predicted molar refractivity (Wildman–Crippen MR) is 60.0 cm³/mol. The summed E-state index contributed by atoms with van der Waals surface area (Å²) in [4.78, 5) is 34.2. The second-order valence-electron chi connectivity index (χ2n) is 4.90. The van der Waals surface area contributed by atoms with Crippen LogP contribution in [0, 0.1) is 5.92 Å². The minimum Gasteiger partial charge on any atom is -0.465 e. The van der Waals surface area contributed by atoms with Crippen molar-refractivity contribution in [1.29, 1.82) is 0 Å². The Morgan fingerprint density at radius 1 is 1.67 bits per heavy atom. The van der Waals surface area contributed by atoms with E-state index in [0.29, 0.717) is 19.6 Å². The molecule has 0 aromatic rings. The molecule has 3 atom stereocenters. The molecular weight excluding hydrogens is 240 g/mol. The summed E-state index contributed by atoms with van der Waals surface area (Å²) in [6.45, 7) is 2.51. The van der Waals surface area contributed by atoms with Crippen molar-refractivity contribution < 1.29 is 24.2 Å². The van der Waals surface area contributed by atoms with Gasteiger partial charge in [-0.05, 0) is 19.8 Å². The first kappa shape index (κ1) is 12.8. The predicted octanol–water partition coefficient (Wildman–Crippen LogP) is -0.493. The van der Waals surface area contributed by atoms with Gasteiger partial charge >= 0.3 is 6.09 Å². The summed E-state index contributed by atoms with van der Waals surface area (Å²) in [5.74, 6) is -0.736. The van der Waals surface area contributed by atoms with Crippen LogP contribution in [0.4, 0.5) is 4.79 Å². The number of hydrogen-bond donors (Lipinski definition) is 3. The second-order valence-corrected chi connectivity index (χ2v) is 4.90. The highest BCUT2D eigenvalue weighted by Crippen LogP contribution is 2.30. The first-order valence-corrected chi connectivity index (χ1v) is 5.88. The molecular formula is C11H16N2O5. The molecule has 2 fully saturated rings. The number of epoxide rings is 1. The molecule has 0 spiro atoms. The standard InChI is InChI=1S/C11H16N2O5/c1-11(5-18-11)8(14)7(13-10(16)17)4-6-2-3-12-9(6)15/h6-7,13H,2-5H2,1H3,(H,12,15)(H,16,17)/t6?,7-,11+/m0/s1. The molecule has 2 aliphatic heterocycles. The van der Waals surface area contributed by atoms with Crippen LogP contribution in [0.15, 0.2) is 0 Å². The van der Waals surface area contributed by atoms with E-state index in [4.69, 9.17) is 9.84 Å². The Morgan fingerprint density at radius 2 is 2.33 bits per heavy atom. The lowest BCUT2D eigenvalue weighted by molar-refractivity contribution is -0.127. The number of ether oxygens (including phenoxy) is 1. The van der Waals surface area contributed by atoms with E-state index in [1.165, 1.54) is 0 Å². The van der Waals surface area contributed by atoms with E-state index < -0.39 is 17.7 Å². The molecule has 0 aromatic heterocycles. The Labute approximate surface area is 104 Å². The number of hydrogen-bond acceptors (Lipinski definition) is 4. The largest absolute Gasteiger partial charge is 0.465 e. The molecule has 2 rings (SSSR count). The van der Waals surface area contributed by atoms with E-state index in [2.05, 4.69) is 10.6 Å². The highest BCUT2D eigenvalue weighted by molar-refractivity contribution is 5.96. The summed E-state index contributed by atoms with van der Waals surface area (Å²) in [6, 6.07) is -0.885. The number of amides is 2. The zero-order valence-corrected chi connectivity index (χ0v) is 10.1. The molecule has 7 nitrogen and oxygen atoms in total. The zero-order valence-electron chi connectivity index (χ0n) is 10.1. The first-order chi connectivity index (χ1) is 8.42. The lowest BCUT2D eigenvalue weighted by Crippen LogP contribution is -2.47. The molecule has 2 aliphatic rings. The van der Waals surface area contributed by atoms with E-state index in [9.17, 15) is 14.4 Å². The zero-order chi connectivity index (χ0) is 13.3. The molecule has 7 heteroatoms. The topological polar surface area (TPSA) is 108 Å². The third-order valence-corrected chi connectivity index (χ3v) is 3.40. The molecule has 0 saturated carbocycles. The number of nitrogens with one attached hydrogen (secondary N) is 2. The van der Waals surface area contributed by atoms with Crippen molar-refractivity contribution in [2.75, 3.05) is 13.2 Å². The Balaban J connectivity index is 2.02. The smallest absolute Gasteiger partial charge is 0.405 e. The molecule has 1 unspecified atom stereocenters. The van der Waals surface area contributed by atoms with Gasteiger partial charge in [-0.15, -0.1) is 0 Å². The van der Waals surface area contributed by atoms with Crippen molar-refractivity contribution in [3.8, 4) is 0 Å². The summed E-state index contributed by atoms with van der Waals surface area (Å²) in [5.41, 5.74) is -0.887. The van der Waals surface area contributed by atoms with Crippen molar-refractivity contribution in [2.45, 2.75) is 31.4 Å². The minimum absolute atomic E-state index is 0.123. The fraction of sp³-hybridized carbons (Fsp3) is 0.727. The van der Waals surface area contributed by atoms with Crippen LogP contribution < -0.4 is 10.6 Å². The van der Waals surface area contributed by atoms with Crippen LogP contribution >= 0.6 is 0 Å². The third-order valence-electron chi connectivity index (χ3n) is 3.40. The summed E-state index contributed by atoms with van der Waals surface area (Å²) in [7, 11) is 0. The number of carbonyl (C=O) groups excluding carboxylic acids is 2. The normalized spacial score (nSPS) is 31.6. The van der Waals surface area contributed by atoms with Gasteiger partial charge in [-0.1, -0.05) is 0 Å². The first-order valence-electron chi connectivity index (χ1n) is 5.88. The van der Waals surface area contributed by atoms with Gasteiger partial charge in [0.05, 0.1) is 12.6 Å². The van der Waals surface area contributed by atoms with E-state index in [-0.39, 0.29) is 24.0 Å². The molecule has 0 radical (unpaired) electrons. The quantitative estimate of drug-likeness (QED) is 0.575. The van der Waals surface area contributed by atoms with Crippen LogP contribution in [-0.4, -0.2) is 47.7 Å². The Hall–Kier alpha value is -1.63. The van der Waals surface area contributed by atoms with Crippen LogP contribution in [0.3, 0.4) is 0 Å². The maximum absolute atomic E-state index is 12.1. The van der Waals surface area contributed by atoms with Gasteiger partial charge < -0.3 is 20.5 Å². The van der Waals surface area contributed by atoms with Gasteiger partial charge in [0.2, 0.25) is 5.91 Å². The average Bonchev–Trinajstić information content (AvgIpc) is 2.92. The van der Waals surface area contributed by atoms with Crippen molar-refractivity contribution >= 4 is 17.8 Å². The highest BCUT2D eigenvalue weighted by Gasteiger charge is 2.50. The summed E-state index contributed by atoms with van der Waals surface area (Å²) in [5, 5.41) is 13.6. The van der Waals surface area contributed by atoms with E-state index in [0.717, 1.165) is 0 Å².